The zero-order valence-electron chi connectivity index (χ0n) is 11.9. The fourth-order valence-electron chi connectivity index (χ4n) is 1.67. The maximum atomic E-state index is 11.0. The molecule has 0 saturated heterocycles. The fraction of sp³-hybridized carbons (Fsp3) is 0.636. The Labute approximate surface area is 132 Å². The van der Waals surface area contributed by atoms with Crippen molar-refractivity contribution in [2.45, 2.75) is 42.2 Å². The Morgan fingerprint density at radius 2 is 2.14 bits per heavy atom. The molecule has 0 radical (unpaired) electrons. The van der Waals surface area contributed by atoms with Gasteiger partial charge in [-0.05, 0) is 42.0 Å². The number of thiazole rings is 1. The third-order valence-electron chi connectivity index (χ3n) is 2.66. The van der Waals surface area contributed by atoms with Crippen LogP contribution >= 0.6 is 23.1 Å². The molecule has 0 bridgehead atoms. The molecule has 0 aliphatic heterocycles. The number of hydrogen-bond donors (Lipinski definition) is 0. The van der Waals surface area contributed by atoms with Gasteiger partial charge in [0.1, 0.15) is 9.84 Å². The summed E-state index contributed by atoms with van der Waals surface area (Å²) in [6, 6.07) is 0. The maximum absolute atomic E-state index is 11.0. The summed E-state index contributed by atoms with van der Waals surface area (Å²) in [5.41, 5.74) is 0.988. The van der Waals surface area contributed by atoms with Gasteiger partial charge in [0, 0.05) is 29.6 Å². The van der Waals surface area contributed by atoms with Crippen molar-refractivity contribution in [2.24, 2.45) is 0 Å². The summed E-state index contributed by atoms with van der Waals surface area (Å²) in [5, 5.41) is 14.3. The van der Waals surface area contributed by atoms with Gasteiger partial charge in [0.05, 0.1) is 0 Å². The Morgan fingerprint density at radius 1 is 1.33 bits per heavy atom. The first-order valence-electron chi connectivity index (χ1n) is 6.48. The standard InChI is InChI=1S/C11H17N5O2S3/c1-9-8-19-11(12-9)20-10-13-14-15-16(10)6-4-3-5-7-21(2,17)18/h8H,3-7H2,1-2H3. The van der Waals surface area contributed by atoms with E-state index < -0.39 is 9.84 Å². The molecule has 116 valence electrons. The lowest BCUT2D eigenvalue weighted by molar-refractivity contribution is 0.505. The molecule has 2 heterocycles. The van der Waals surface area contributed by atoms with E-state index in [0.29, 0.717) is 18.1 Å². The summed E-state index contributed by atoms with van der Waals surface area (Å²) < 4.78 is 24.7. The van der Waals surface area contributed by atoms with Crippen LogP contribution in [-0.4, -0.2) is 45.6 Å². The van der Waals surface area contributed by atoms with Crippen molar-refractivity contribution in [1.82, 2.24) is 25.2 Å². The first-order valence-corrected chi connectivity index (χ1v) is 10.2. The topological polar surface area (TPSA) is 90.6 Å². The van der Waals surface area contributed by atoms with Crippen LogP contribution in [0.25, 0.3) is 0 Å². The highest BCUT2D eigenvalue weighted by Gasteiger charge is 2.10. The van der Waals surface area contributed by atoms with Crippen molar-refractivity contribution in [3.63, 3.8) is 0 Å². The van der Waals surface area contributed by atoms with E-state index in [2.05, 4.69) is 20.5 Å². The number of tetrazole rings is 1. The fourth-order valence-corrected chi connectivity index (χ4v) is 4.14. The van der Waals surface area contributed by atoms with Crippen molar-refractivity contribution in [3.8, 4) is 0 Å². The normalized spacial score (nSPS) is 11.9. The van der Waals surface area contributed by atoms with Gasteiger partial charge in [-0.1, -0.05) is 6.42 Å². The Kier molecular flexibility index (Phi) is 5.71. The van der Waals surface area contributed by atoms with E-state index in [1.54, 1.807) is 16.0 Å². The third kappa shape index (κ3) is 5.71. The van der Waals surface area contributed by atoms with Crippen LogP contribution in [-0.2, 0) is 16.4 Å². The lowest BCUT2D eigenvalue weighted by Gasteiger charge is -2.03. The summed E-state index contributed by atoms with van der Waals surface area (Å²) in [4.78, 5) is 4.37. The summed E-state index contributed by atoms with van der Waals surface area (Å²) in [7, 11) is -2.86. The number of hydrogen-bond acceptors (Lipinski definition) is 8. The average molecular weight is 347 g/mol. The van der Waals surface area contributed by atoms with E-state index in [4.69, 9.17) is 0 Å². The summed E-state index contributed by atoms with van der Waals surface area (Å²) in [5.74, 6) is 0.239. The Hall–Kier alpha value is -1.00. The van der Waals surface area contributed by atoms with Crippen molar-refractivity contribution < 1.29 is 8.42 Å². The van der Waals surface area contributed by atoms with E-state index in [0.717, 1.165) is 22.9 Å². The van der Waals surface area contributed by atoms with E-state index in [-0.39, 0.29) is 5.75 Å². The van der Waals surface area contributed by atoms with Crippen molar-refractivity contribution in [1.29, 1.82) is 0 Å². The van der Waals surface area contributed by atoms with Gasteiger partial charge in [0.15, 0.2) is 4.34 Å². The largest absolute Gasteiger partial charge is 0.235 e. The zero-order chi connectivity index (χ0) is 15.3. The van der Waals surface area contributed by atoms with Crippen LogP contribution in [0.5, 0.6) is 0 Å². The van der Waals surface area contributed by atoms with Crippen LogP contribution in [0.1, 0.15) is 25.0 Å². The molecule has 7 nitrogen and oxygen atoms in total. The highest BCUT2D eigenvalue weighted by molar-refractivity contribution is 8.00. The third-order valence-corrected chi connectivity index (χ3v) is 5.72. The number of sulfone groups is 1. The Morgan fingerprint density at radius 3 is 2.81 bits per heavy atom. The molecular formula is C11H17N5O2S3. The second-order valence-corrected chi connectivity index (χ2v) is 9.06. The molecule has 0 spiro atoms. The number of nitrogens with zero attached hydrogens (tertiary/aromatic N) is 5. The quantitative estimate of drug-likeness (QED) is 0.672. The number of aryl methyl sites for hydroxylation is 2. The number of unbranched alkanes of at least 4 members (excludes halogenated alkanes) is 2. The molecule has 0 aliphatic carbocycles. The van der Waals surface area contributed by atoms with Crippen LogP contribution in [0.2, 0.25) is 0 Å². The van der Waals surface area contributed by atoms with Crippen molar-refractivity contribution >= 4 is 32.9 Å². The summed E-state index contributed by atoms with van der Waals surface area (Å²) >= 11 is 3.02. The Balaban J connectivity index is 1.80. The molecule has 2 aromatic rings. The van der Waals surface area contributed by atoms with Crippen molar-refractivity contribution in [3.05, 3.63) is 11.1 Å². The molecule has 0 aromatic carbocycles. The van der Waals surface area contributed by atoms with Gasteiger partial charge < -0.3 is 0 Å². The van der Waals surface area contributed by atoms with Crippen LogP contribution in [0.4, 0.5) is 0 Å². The molecule has 10 heteroatoms. The number of rotatable bonds is 8. The van der Waals surface area contributed by atoms with Crippen LogP contribution in [0.15, 0.2) is 14.9 Å². The lowest BCUT2D eigenvalue weighted by atomic mass is 10.2. The predicted molar refractivity (Wildman–Crippen MR) is 82.4 cm³/mol. The first-order chi connectivity index (χ1) is 9.94. The SMILES string of the molecule is Cc1csc(Sc2nnnn2CCCCCS(C)(=O)=O)n1. The molecular weight excluding hydrogens is 330 g/mol. The van der Waals surface area contributed by atoms with Gasteiger partial charge in [-0.3, -0.25) is 0 Å². The zero-order valence-corrected chi connectivity index (χ0v) is 14.3. The molecule has 0 fully saturated rings. The maximum Gasteiger partial charge on any atom is 0.216 e. The smallest absolute Gasteiger partial charge is 0.216 e. The van der Waals surface area contributed by atoms with Gasteiger partial charge in [-0.2, -0.15) is 0 Å². The number of aromatic nitrogens is 5. The molecule has 21 heavy (non-hydrogen) atoms. The van der Waals surface area contributed by atoms with E-state index in [1.807, 2.05) is 12.3 Å². The van der Waals surface area contributed by atoms with Crippen LogP contribution < -0.4 is 0 Å². The lowest BCUT2D eigenvalue weighted by Crippen LogP contribution is -2.05. The highest BCUT2D eigenvalue weighted by atomic mass is 32.2. The molecule has 0 amide bonds. The van der Waals surface area contributed by atoms with Crippen LogP contribution in [0, 0.1) is 6.92 Å². The average Bonchev–Trinajstić information content (AvgIpc) is 2.98. The summed E-state index contributed by atoms with van der Waals surface area (Å²) in [6.07, 6.45) is 3.63. The minimum absolute atomic E-state index is 0.239. The molecule has 0 unspecified atom stereocenters. The molecule has 2 rings (SSSR count). The first kappa shape index (κ1) is 16.4. The molecule has 0 atom stereocenters. The minimum Gasteiger partial charge on any atom is -0.235 e. The van der Waals surface area contributed by atoms with Gasteiger partial charge >= 0.3 is 0 Å². The molecule has 0 aliphatic rings. The van der Waals surface area contributed by atoms with Gasteiger partial charge in [-0.25, -0.2) is 18.1 Å². The monoisotopic (exact) mass is 347 g/mol. The summed E-state index contributed by atoms with van der Waals surface area (Å²) in [6.45, 7) is 2.63. The van der Waals surface area contributed by atoms with E-state index in [9.17, 15) is 8.42 Å². The van der Waals surface area contributed by atoms with Gasteiger partial charge in [0.2, 0.25) is 5.16 Å². The van der Waals surface area contributed by atoms with Crippen LogP contribution in [0.3, 0.4) is 0 Å². The Bertz CT molecular complexity index is 680. The molecule has 2 aromatic heterocycles. The second kappa shape index (κ2) is 7.32. The second-order valence-electron chi connectivity index (χ2n) is 4.73. The minimum atomic E-state index is -2.86. The van der Waals surface area contributed by atoms with Gasteiger partial charge in [0.25, 0.3) is 0 Å². The molecule has 0 saturated carbocycles. The van der Waals surface area contributed by atoms with E-state index in [1.165, 1.54) is 18.0 Å². The van der Waals surface area contributed by atoms with Crippen molar-refractivity contribution in [2.75, 3.05) is 12.0 Å². The van der Waals surface area contributed by atoms with E-state index >= 15 is 0 Å². The predicted octanol–water partition coefficient (Wildman–Crippen LogP) is 1.80. The molecule has 0 N–H and O–H groups in total. The highest BCUT2D eigenvalue weighted by Crippen LogP contribution is 2.28. The van der Waals surface area contributed by atoms with Gasteiger partial charge in [-0.15, -0.1) is 16.4 Å².